The van der Waals surface area contributed by atoms with E-state index in [1.54, 1.807) is 6.26 Å². The van der Waals surface area contributed by atoms with Crippen LogP contribution in [0, 0.1) is 56.2 Å². The van der Waals surface area contributed by atoms with Gasteiger partial charge in [0.05, 0.1) is 19.5 Å². The molecule has 0 bridgehead atoms. The lowest BCUT2D eigenvalue weighted by Gasteiger charge is -2.19. The van der Waals surface area contributed by atoms with E-state index >= 15 is 0 Å². The molecule has 0 spiro atoms. The first-order chi connectivity index (χ1) is 42.6. The van der Waals surface area contributed by atoms with E-state index in [4.69, 9.17) is 19.7 Å². The predicted octanol–water partition coefficient (Wildman–Crippen LogP) is 28.2. The lowest BCUT2D eigenvalue weighted by Crippen LogP contribution is -2.10. The van der Waals surface area contributed by atoms with E-state index in [9.17, 15) is 0 Å². The highest BCUT2D eigenvalue weighted by atomic mass is 16.3. The molecule has 0 saturated heterocycles. The van der Waals surface area contributed by atoms with Gasteiger partial charge in [0.25, 0.3) is 0 Å². The molecule has 1 heterocycles. The number of aliphatic hydroxyl groups is 3. The van der Waals surface area contributed by atoms with Crippen molar-refractivity contribution < 1.29 is 19.7 Å². The van der Waals surface area contributed by atoms with E-state index in [0.717, 1.165) is 55.4 Å². The average Bonchev–Trinajstić information content (AvgIpc) is 1.05. The van der Waals surface area contributed by atoms with E-state index in [2.05, 4.69) is 348 Å². The largest absolute Gasteiger partial charge is 0.469 e. The van der Waals surface area contributed by atoms with Crippen molar-refractivity contribution in [2.75, 3.05) is 19.8 Å². The third kappa shape index (κ3) is 79.9. The van der Waals surface area contributed by atoms with E-state index in [-0.39, 0.29) is 28.1 Å². The molecule has 0 amide bonds. The van der Waals surface area contributed by atoms with Gasteiger partial charge in [0.1, 0.15) is 5.76 Å². The van der Waals surface area contributed by atoms with Crippen LogP contribution in [0.2, 0.25) is 0 Å². The Kier molecular flexibility index (Phi) is 54.8. The van der Waals surface area contributed by atoms with E-state index < -0.39 is 0 Å². The van der Waals surface area contributed by atoms with Gasteiger partial charge in [-0.1, -0.05) is 364 Å². The predicted molar refractivity (Wildman–Crippen MR) is 437 cm³/mol. The highest BCUT2D eigenvalue weighted by molar-refractivity contribution is 5.24. The van der Waals surface area contributed by atoms with Crippen LogP contribution in [-0.2, 0) is 31.1 Å². The van der Waals surface area contributed by atoms with Gasteiger partial charge in [-0.3, -0.25) is 0 Å². The summed E-state index contributed by atoms with van der Waals surface area (Å²) in [5.41, 5.74) is 14.1. The minimum absolute atomic E-state index is 0. The quantitative estimate of drug-likeness (QED) is 0.103. The van der Waals surface area contributed by atoms with Crippen LogP contribution in [0.4, 0.5) is 0 Å². The maximum absolute atomic E-state index is 8.73. The Hall–Kier alpha value is -4.74. The fourth-order valence-electron chi connectivity index (χ4n) is 8.05. The van der Waals surface area contributed by atoms with E-state index in [1.807, 2.05) is 26.0 Å². The van der Waals surface area contributed by atoms with Crippen molar-refractivity contribution >= 4 is 0 Å². The number of benzene rings is 4. The number of hydrogen-bond donors (Lipinski definition) is 3. The summed E-state index contributed by atoms with van der Waals surface area (Å²) in [6.45, 7) is 73.5. The SMILES string of the molecule is C.C.C/C(=C/CC(C)(C)C)CO.C/C(=C\CC(C)(C)C)CO.CC(C)(C)CCc1ccccc1.CC(C)(C)Cc1ccccc1.CC(C)(C)Cc1ccco1.CC(C)(C)c1ccccc1.CC(C)=CCC(C)(C)C.CC(CO)CCC(C)(C)C.Cc1cccc(CC(C)(C)C)c1. The Morgan fingerprint density at radius 2 is 0.760 bits per heavy atom. The standard InChI is InChI=1S/2C12H18.C11H16.C10H14.C9H14O.C9H20O.2C9H18O.C9H18.2CH4/c1-10-6-5-7-11(8-10)9-12(2,3)4;1-12(2,3)10-9-11-7-5-4-6-8-11;1-11(2,3)9-10-7-5-4-6-8-10;1-10(2,3)9-7-5-4-6-8-9;1-9(2,3)7-8-5-4-6-10-8;3*1-8(7-10)5-6-9(2,3)4;1-8(2)6-7-9(3,4)5;;/h5-8H,9H2,1-4H3;4-8H,9-10H2,1-3H3;4-8H,9H2,1-3H3;4-8H,1-3H3;4-6H,7H2,1-3H3;8,10H,5-7H2,1-4H3;2*5,10H,6-7H2,1-4H3;6H,7H2,1-5H3;2*1H4/b;;;;;;8-5+;8-5-;;;. The number of allylic oxidation sites excluding steroid dienone is 4. The molecule has 5 rings (SSSR count). The molecule has 0 aliphatic rings. The molecule has 5 aromatic rings. The first-order valence-electron chi connectivity index (χ1n) is 35.6. The lowest BCUT2D eigenvalue weighted by atomic mass is 9.87. The molecule has 0 fully saturated rings. The Balaban J connectivity index is -0.000000237. The monoisotopic (exact) mass is 1330 g/mol. The number of rotatable bonds is 13. The lowest BCUT2D eigenvalue weighted by molar-refractivity contribution is 0.212. The van der Waals surface area contributed by atoms with Gasteiger partial charge < -0.3 is 19.7 Å². The third-order valence-corrected chi connectivity index (χ3v) is 13.8. The first-order valence-corrected chi connectivity index (χ1v) is 35.6. The normalized spacial score (nSPS) is 12.2. The zero-order valence-corrected chi connectivity index (χ0v) is 68.0. The van der Waals surface area contributed by atoms with Gasteiger partial charge in [-0.25, -0.2) is 0 Å². The molecule has 1 unspecified atom stereocenters. The minimum Gasteiger partial charge on any atom is -0.469 e. The van der Waals surface area contributed by atoms with Crippen LogP contribution < -0.4 is 0 Å². The Bertz CT molecular complexity index is 2600. The zero-order valence-electron chi connectivity index (χ0n) is 68.0. The summed E-state index contributed by atoms with van der Waals surface area (Å²) >= 11 is 0. The van der Waals surface area contributed by atoms with Crippen molar-refractivity contribution in [3.05, 3.63) is 202 Å². The van der Waals surface area contributed by atoms with Crippen molar-refractivity contribution in [1.82, 2.24) is 0 Å². The fourth-order valence-corrected chi connectivity index (χ4v) is 8.05. The number of aliphatic hydroxyl groups excluding tert-OH is 3. The maximum Gasteiger partial charge on any atom is 0.104 e. The van der Waals surface area contributed by atoms with Crippen molar-refractivity contribution in [2.24, 2.45) is 49.2 Å². The topological polar surface area (TPSA) is 73.8 Å². The average molecular weight is 1330 g/mol. The summed E-state index contributed by atoms with van der Waals surface area (Å²) in [6.07, 6.45) is 19.6. The van der Waals surface area contributed by atoms with Gasteiger partial charge in [-0.05, 0) is 181 Å². The second kappa shape index (κ2) is 51.4. The van der Waals surface area contributed by atoms with Crippen molar-refractivity contribution in [3.8, 4) is 0 Å². The summed E-state index contributed by atoms with van der Waals surface area (Å²) in [5.74, 6) is 1.55. The second-order valence-electron chi connectivity index (χ2n) is 37.3. The molecule has 4 nitrogen and oxygen atoms in total. The molecule has 0 aliphatic carbocycles. The van der Waals surface area contributed by atoms with Crippen LogP contribution in [0.5, 0.6) is 0 Å². The molecule has 4 heteroatoms. The molecule has 0 aliphatic heterocycles. The molecule has 0 saturated carbocycles. The van der Waals surface area contributed by atoms with Gasteiger partial charge in [-0.15, -0.1) is 0 Å². The smallest absolute Gasteiger partial charge is 0.104 e. The van der Waals surface area contributed by atoms with E-state index in [1.165, 1.54) is 59.1 Å². The number of furan rings is 1. The summed E-state index contributed by atoms with van der Waals surface area (Å²) in [7, 11) is 0. The zero-order chi connectivity index (χ0) is 73.9. The molecule has 4 aromatic carbocycles. The molecule has 3 N–H and O–H groups in total. The van der Waals surface area contributed by atoms with Gasteiger partial charge in [0, 0.05) is 13.0 Å². The molecule has 0 radical (unpaired) electrons. The molecule has 554 valence electrons. The summed E-state index contributed by atoms with van der Waals surface area (Å²) in [4.78, 5) is 0. The van der Waals surface area contributed by atoms with Crippen molar-refractivity contribution in [2.45, 2.75) is 313 Å². The molecular formula is C92H162O4. The highest BCUT2D eigenvalue weighted by Gasteiger charge is 2.16. The molecule has 1 aromatic heterocycles. The Labute approximate surface area is 600 Å². The summed E-state index contributed by atoms with van der Waals surface area (Å²) in [5, 5.41) is 26.1. The first kappa shape index (κ1) is 102. The molecule has 96 heavy (non-hydrogen) atoms. The van der Waals surface area contributed by atoms with Gasteiger partial charge in [0.15, 0.2) is 0 Å². The van der Waals surface area contributed by atoms with Crippen molar-refractivity contribution in [3.63, 3.8) is 0 Å². The highest BCUT2D eigenvalue weighted by Crippen LogP contribution is 2.27. The van der Waals surface area contributed by atoms with E-state index in [0.29, 0.717) is 61.3 Å². The van der Waals surface area contributed by atoms with Crippen LogP contribution in [-0.4, -0.2) is 35.1 Å². The van der Waals surface area contributed by atoms with Crippen LogP contribution in [0.3, 0.4) is 0 Å². The van der Waals surface area contributed by atoms with Crippen molar-refractivity contribution in [1.29, 1.82) is 0 Å². The van der Waals surface area contributed by atoms with Crippen LogP contribution in [0.1, 0.15) is 309 Å². The summed E-state index contributed by atoms with van der Waals surface area (Å²) in [6, 6.07) is 44.6. The van der Waals surface area contributed by atoms with Gasteiger partial charge in [0.2, 0.25) is 0 Å². The number of hydrogen-bond acceptors (Lipinski definition) is 4. The van der Waals surface area contributed by atoms with Gasteiger partial charge >= 0.3 is 0 Å². The minimum atomic E-state index is 0. The summed E-state index contributed by atoms with van der Waals surface area (Å²) < 4.78 is 5.21. The van der Waals surface area contributed by atoms with Gasteiger partial charge in [-0.2, -0.15) is 0 Å². The maximum atomic E-state index is 8.73. The molecular weight excluding hydrogens is 1170 g/mol. The molecule has 1 atom stereocenters. The number of aryl methyl sites for hydroxylation is 2. The van der Waals surface area contributed by atoms with Crippen LogP contribution in [0.15, 0.2) is 173 Å². The Morgan fingerprint density at radius 3 is 1.05 bits per heavy atom. The second-order valence-corrected chi connectivity index (χ2v) is 37.3. The Morgan fingerprint density at radius 1 is 0.396 bits per heavy atom. The fraction of sp³-hybridized carbons (Fsp3) is 0.630. The van der Waals surface area contributed by atoms with Crippen LogP contribution >= 0.6 is 0 Å². The van der Waals surface area contributed by atoms with Crippen LogP contribution in [0.25, 0.3) is 0 Å². The third-order valence-electron chi connectivity index (χ3n) is 13.8.